The summed E-state index contributed by atoms with van der Waals surface area (Å²) in [5.41, 5.74) is 0.831. The third-order valence-corrected chi connectivity index (χ3v) is 4.94. The lowest BCUT2D eigenvalue weighted by molar-refractivity contribution is -0.139. The Morgan fingerprint density at radius 1 is 1.22 bits per heavy atom. The van der Waals surface area contributed by atoms with E-state index in [1.807, 2.05) is 29.2 Å². The molecule has 1 aromatic carbocycles. The summed E-state index contributed by atoms with van der Waals surface area (Å²) in [5, 5.41) is 0. The van der Waals surface area contributed by atoms with Crippen LogP contribution < -0.4 is 9.64 Å². The van der Waals surface area contributed by atoms with Crippen LogP contribution in [0.15, 0.2) is 24.3 Å². The highest BCUT2D eigenvalue weighted by Crippen LogP contribution is 2.29. The number of amides is 2. The fourth-order valence-corrected chi connectivity index (χ4v) is 3.54. The Kier molecular flexibility index (Phi) is 4.55. The predicted octanol–water partition coefficient (Wildman–Crippen LogP) is 2.45. The first-order valence-electron chi connectivity index (χ1n) is 8.35. The highest BCUT2D eigenvalue weighted by atomic mass is 16.5. The minimum Gasteiger partial charge on any atom is -0.497 e. The molecule has 0 unspecified atom stereocenters. The van der Waals surface area contributed by atoms with Gasteiger partial charge in [0.25, 0.3) is 0 Å². The third kappa shape index (κ3) is 3.19. The van der Waals surface area contributed by atoms with E-state index in [9.17, 15) is 9.59 Å². The van der Waals surface area contributed by atoms with E-state index in [4.69, 9.17) is 4.74 Å². The predicted molar refractivity (Wildman–Crippen MR) is 88.5 cm³/mol. The summed E-state index contributed by atoms with van der Waals surface area (Å²) in [6.07, 6.45) is 3.63. The van der Waals surface area contributed by atoms with Crippen molar-refractivity contribution >= 4 is 17.5 Å². The van der Waals surface area contributed by atoms with E-state index in [0.717, 1.165) is 30.8 Å². The number of carbonyl (C=O) groups excluding carboxylic acids is 2. The average Bonchev–Trinajstić information content (AvgIpc) is 2.96. The summed E-state index contributed by atoms with van der Waals surface area (Å²) in [6, 6.07) is 7.70. The van der Waals surface area contributed by atoms with E-state index in [-0.39, 0.29) is 17.7 Å². The highest BCUT2D eigenvalue weighted by molar-refractivity contribution is 6.00. The second-order valence-corrected chi connectivity index (χ2v) is 6.48. The zero-order chi connectivity index (χ0) is 16.4. The minimum atomic E-state index is -0.217. The van der Waals surface area contributed by atoms with Crippen LogP contribution in [0.2, 0.25) is 0 Å². The van der Waals surface area contributed by atoms with Crippen LogP contribution in [0, 0.1) is 5.92 Å². The number of hydrogen-bond acceptors (Lipinski definition) is 3. The van der Waals surface area contributed by atoms with E-state index >= 15 is 0 Å². The molecule has 0 bridgehead atoms. The van der Waals surface area contributed by atoms with Crippen LogP contribution >= 0.6 is 0 Å². The monoisotopic (exact) mass is 316 g/mol. The smallest absolute Gasteiger partial charge is 0.228 e. The Morgan fingerprint density at radius 2 is 1.96 bits per heavy atom. The van der Waals surface area contributed by atoms with Gasteiger partial charge in [0.15, 0.2) is 0 Å². The van der Waals surface area contributed by atoms with Crippen molar-refractivity contribution in [2.24, 2.45) is 5.92 Å². The van der Waals surface area contributed by atoms with Gasteiger partial charge in [0.1, 0.15) is 5.75 Å². The number of piperidine rings is 1. The average molecular weight is 316 g/mol. The number of benzene rings is 1. The maximum Gasteiger partial charge on any atom is 0.228 e. The lowest BCUT2D eigenvalue weighted by Crippen LogP contribution is -2.45. The van der Waals surface area contributed by atoms with Gasteiger partial charge in [-0.05, 0) is 50.5 Å². The van der Waals surface area contributed by atoms with Gasteiger partial charge in [-0.15, -0.1) is 0 Å². The summed E-state index contributed by atoms with van der Waals surface area (Å²) >= 11 is 0. The standard InChI is InChI=1S/C18H24N2O3/c1-13-5-3-4-10-19(13)18(22)14-11-17(21)20(12-14)15-6-8-16(23-2)9-7-15/h6-9,13-14H,3-5,10-12H2,1-2H3/t13-,14+/m1/s1. The summed E-state index contributed by atoms with van der Waals surface area (Å²) in [7, 11) is 1.62. The number of carbonyl (C=O) groups is 2. The molecule has 0 saturated carbocycles. The molecule has 2 saturated heterocycles. The second-order valence-electron chi connectivity index (χ2n) is 6.48. The van der Waals surface area contributed by atoms with Crippen molar-refractivity contribution in [3.63, 3.8) is 0 Å². The SMILES string of the molecule is COc1ccc(N2C[C@@H](C(=O)N3CCCC[C@H]3C)CC2=O)cc1. The Labute approximate surface area is 137 Å². The van der Waals surface area contributed by atoms with Crippen LogP contribution in [-0.4, -0.2) is 43.0 Å². The summed E-state index contributed by atoms with van der Waals surface area (Å²) in [6.45, 7) is 3.41. The molecule has 1 aromatic rings. The van der Waals surface area contributed by atoms with Crippen molar-refractivity contribution in [3.8, 4) is 5.75 Å². The number of rotatable bonds is 3. The number of nitrogens with zero attached hydrogens (tertiary/aromatic N) is 2. The van der Waals surface area contributed by atoms with Gasteiger partial charge in [0.2, 0.25) is 11.8 Å². The Hall–Kier alpha value is -2.04. The maximum absolute atomic E-state index is 12.8. The van der Waals surface area contributed by atoms with Crippen LogP contribution in [0.3, 0.4) is 0 Å². The number of anilines is 1. The molecule has 5 heteroatoms. The Bertz CT molecular complexity index is 584. The normalized spacial score (nSPS) is 24.9. The van der Waals surface area contributed by atoms with Crippen molar-refractivity contribution in [2.75, 3.05) is 25.1 Å². The molecule has 2 amide bonds. The molecular weight excluding hydrogens is 292 g/mol. The van der Waals surface area contributed by atoms with Crippen LogP contribution in [0.5, 0.6) is 5.75 Å². The first-order valence-corrected chi connectivity index (χ1v) is 8.35. The highest BCUT2D eigenvalue weighted by Gasteiger charge is 2.38. The molecule has 2 heterocycles. The fourth-order valence-electron chi connectivity index (χ4n) is 3.54. The molecule has 2 aliphatic rings. The van der Waals surface area contributed by atoms with Gasteiger partial charge in [-0.3, -0.25) is 9.59 Å². The van der Waals surface area contributed by atoms with Crippen molar-refractivity contribution < 1.29 is 14.3 Å². The third-order valence-electron chi connectivity index (χ3n) is 4.94. The van der Waals surface area contributed by atoms with E-state index in [0.29, 0.717) is 19.0 Å². The van der Waals surface area contributed by atoms with Crippen LogP contribution in [0.4, 0.5) is 5.69 Å². The summed E-state index contributed by atoms with van der Waals surface area (Å²) in [5.74, 6) is 0.708. The van der Waals surface area contributed by atoms with Crippen LogP contribution in [0.1, 0.15) is 32.6 Å². The number of methoxy groups -OCH3 is 1. The van der Waals surface area contributed by atoms with E-state index in [1.54, 1.807) is 12.0 Å². The van der Waals surface area contributed by atoms with Crippen LogP contribution in [0.25, 0.3) is 0 Å². The zero-order valence-corrected chi connectivity index (χ0v) is 13.8. The lowest BCUT2D eigenvalue weighted by Gasteiger charge is -2.35. The van der Waals surface area contributed by atoms with Gasteiger partial charge < -0.3 is 14.5 Å². The van der Waals surface area contributed by atoms with Gasteiger partial charge in [0.05, 0.1) is 13.0 Å². The molecule has 3 rings (SSSR count). The van der Waals surface area contributed by atoms with Gasteiger partial charge in [-0.2, -0.15) is 0 Å². The van der Waals surface area contributed by atoms with Crippen molar-refractivity contribution in [1.29, 1.82) is 0 Å². The second kappa shape index (κ2) is 6.60. The lowest BCUT2D eigenvalue weighted by atomic mass is 9.99. The molecular formula is C18H24N2O3. The van der Waals surface area contributed by atoms with Crippen molar-refractivity contribution in [2.45, 2.75) is 38.6 Å². The minimum absolute atomic E-state index is 0.0261. The molecule has 0 radical (unpaired) electrons. The van der Waals surface area contributed by atoms with Gasteiger partial charge in [-0.25, -0.2) is 0 Å². The van der Waals surface area contributed by atoms with E-state index in [1.165, 1.54) is 6.42 Å². The maximum atomic E-state index is 12.8. The topological polar surface area (TPSA) is 49.9 Å². The first kappa shape index (κ1) is 15.8. The molecule has 0 aromatic heterocycles. The quantitative estimate of drug-likeness (QED) is 0.860. The molecule has 5 nitrogen and oxygen atoms in total. The molecule has 2 fully saturated rings. The number of ether oxygens (including phenoxy) is 1. The molecule has 0 aliphatic carbocycles. The summed E-state index contributed by atoms with van der Waals surface area (Å²) in [4.78, 5) is 28.8. The van der Waals surface area contributed by atoms with E-state index < -0.39 is 0 Å². The first-order chi connectivity index (χ1) is 11.1. The molecule has 0 N–H and O–H groups in total. The van der Waals surface area contributed by atoms with Crippen molar-refractivity contribution in [1.82, 2.24) is 4.90 Å². The number of likely N-dealkylation sites (tertiary alicyclic amines) is 1. The van der Waals surface area contributed by atoms with Gasteiger partial charge >= 0.3 is 0 Å². The number of hydrogen-bond donors (Lipinski definition) is 0. The van der Waals surface area contributed by atoms with Crippen LogP contribution in [-0.2, 0) is 9.59 Å². The largest absolute Gasteiger partial charge is 0.497 e. The van der Waals surface area contributed by atoms with Crippen molar-refractivity contribution in [3.05, 3.63) is 24.3 Å². The molecule has 124 valence electrons. The Morgan fingerprint density at radius 3 is 2.61 bits per heavy atom. The van der Waals surface area contributed by atoms with Gasteiger partial charge in [-0.1, -0.05) is 0 Å². The fraction of sp³-hybridized carbons (Fsp3) is 0.556. The molecule has 0 spiro atoms. The van der Waals surface area contributed by atoms with Gasteiger partial charge in [0, 0.05) is 31.2 Å². The summed E-state index contributed by atoms with van der Waals surface area (Å²) < 4.78 is 5.14. The van der Waals surface area contributed by atoms with E-state index in [2.05, 4.69) is 6.92 Å². The Balaban J connectivity index is 1.70. The molecule has 2 aliphatic heterocycles. The molecule has 23 heavy (non-hydrogen) atoms. The molecule has 2 atom stereocenters. The zero-order valence-electron chi connectivity index (χ0n) is 13.8.